The molecule has 0 bridgehead atoms. The maximum Gasteiger partial charge on any atom is 0.407 e. The zero-order chi connectivity index (χ0) is 38.2. The van der Waals surface area contributed by atoms with Crippen molar-refractivity contribution in [1.82, 2.24) is 14.6 Å². The first kappa shape index (κ1) is 39.7. The first-order chi connectivity index (χ1) is 24.6. The van der Waals surface area contributed by atoms with Crippen LogP contribution in [-0.4, -0.2) is 83.0 Å². The second-order valence-corrected chi connectivity index (χ2v) is 15.6. The quantitative estimate of drug-likeness (QED) is 0.0440. The third-order valence-corrected chi connectivity index (χ3v) is 11.4. The number of benzene rings is 2. The molecule has 2 atom stereocenters. The number of Topliss-reactive ketones (excluding diaryl/α,β-unsaturated/α-hetero) is 2. The first-order valence-electron chi connectivity index (χ1n) is 16.4. The zero-order valence-electron chi connectivity index (χ0n) is 28.5. The number of sulfonamides is 1. The molecule has 0 unspecified atom stereocenters. The first-order valence-corrected chi connectivity index (χ1v) is 18.7. The number of amides is 1. The number of rotatable bonds is 17. The summed E-state index contributed by atoms with van der Waals surface area (Å²) in [6, 6.07) is 8.61. The molecule has 20 heteroatoms. The van der Waals surface area contributed by atoms with E-state index in [1.54, 1.807) is 6.07 Å². The minimum absolute atomic E-state index is 0.0218. The molecule has 5 N–H and O–H groups in total. The summed E-state index contributed by atoms with van der Waals surface area (Å²) in [5.74, 6) is -1.55. The molecule has 3 aromatic rings. The number of nitrogens with zero attached hydrogens (tertiary/aromatic N) is 5. The SMILES string of the molecule is CC(C)C[C@H](NC(=O)OC1CCN(S(=O)(=O)c2ccc([N+](=O)[O-])cc2[N+](=O)[O-])CC1)C(=O)C[C@@H](CCCN=C(N)N)C(=O)c1nc2ccccc2s1. The van der Waals surface area contributed by atoms with Crippen LogP contribution in [0.3, 0.4) is 0 Å². The minimum Gasteiger partial charge on any atom is -0.446 e. The van der Waals surface area contributed by atoms with Crippen LogP contribution in [-0.2, 0) is 19.6 Å². The van der Waals surface area contributed by atoms with Crippen LogP contribution in [0.2, 0.25) is 0 Å². The van der Waals surface area contributed by atoms with E-state index in [9.17, 15) is 43.0 Å². The van der Waals surface area contributed by atoms with Crippen LogP contribution < -0.4 is 16.8 Å². The van der Waals surface area contributed by atoms with Gasteiger partial charge in [-0.3, -0.25) is 34.8 Å². The highest BCUT2D eigenvalue weighted by atomic mass is 32.2. The van der Waals surface area contributed by atoms with E-state index in [-0.39, 0.29) is 73.8 Å². The lowest BCUT2D eigenvalue weighted by Gasteiger charge is -2.31. The van der Waals surface area contributed by atoms with E-state index in [1.807, 2.05) is 32.0 Å². The van der Waals surface area contributed by atoms with E-state index in [0.717, 1.165) is 21.1 Å². The number of hydrogen-bond acceptors (Lipinski definition) is 13. The van der Waals surface area contributed by atoms with Crippen LogP contribution in [0.4, 0.5) is 16.2 Å². The maximum atomic E-state index is 13.7. The molecule has 1 aromatic heterocycles. The molecule has 0 aliphatic carbocycles. The number of fused-ring (bicyclic) bond motifs is 1. The smallest absolute Gasteiger partial charge is 0.407 e. The number of aromatic nitrogens is 1. The van der Waals surface area contributed by atoms with Gasteiger partial charge in [0.15, 0.2) is 27.4 Å². The number of hydrogen-bond donors (Lipinski definition) is 3. The van der Waals surface area contributed by atoms with Gasteiger partial charge in [0.05, 0.1) is 32.2 Å². The summed E-state index contributed by atoms with van der Waals surface area (Å²) < 4.78 is 33.9. The molecule has 2 heterocycles. The van der Waals surface area contributed by atoms with Crippen LogP contribution in [0.15, 0.2) is 52.4 Å². The third-order valence-electron chi connectivity index (χ3n) is 8.36. The molecule has 1 aliphatic rings. The normalized spacial score (nSPS) is 15.1. The minimum atomic E-state index is -4.42. The number of ketones is 2. The van der Waals surface area contributed by atoms with E-state index in [0.29, 0.717) is 24.4 Å². The van der Waals surface area contributed by atoms with Crippen molar-refractivity contribution < 1.29 is 37.4 Å². The van der Waals surface area contributed by atoms with Gasteiger partial charge in [-0.05, 0) is 56.2 Å². The number of nitrogens with two attached hydrogens (primary N) is 2. The highest BCUT2D eigenvalue weighted by Gasteiger charge is 2.37. The van der Waals surface area contributed by atoms with Crippen LogP contribution in [0.1, 0.15) is 62.2 Å². The predicted octanol–water partition coefficient (Wildman–Crippen LogP) is 3.92. The molecule has 1 saturated heterocycles. The average molecular weight is 761 g/mol. The van der Waals surface area contributed by atoms with Gasteiger partial charge in [-0.1, -0.05) is 26.0 Å². The molecule has 52 heavy (non-hydrogen) atoms. The van der Waals surface area contributed by atoms with E-state index >= 15 is 0 Å². The van der Waals surface area contributed by atoms with Crippen molar-refractivity contribution in [2.75, 3.05) is 19.6 Å². The number of aliphatic imine (C=N–C) groups is 1. The number of piperidine rings is 1. The number of para-hydroxylation sites is 1. The Bertz CT molecular complexity index is 1920. The molecular weight excluding hydrogens is 721 g/mol. The second kappa shape index (κ2) is 17.4. The zero-order valence-corrected chi connectivity index (χ0v) is 30.1. The Morgan fingerprint density at radius 2 is 1.79 bits per heavy atom. The van der Waals surface area contributed by atoms with E-state index in [1.165, 1.54) is 11.3 Å². The number of non-ortho nitro benzene ring substituents is 1. The molecule has 4 rings (SSSR count). The monoisotopic (exact) mass is 760 g/mol. The summed E-state index contributed by atoms with van der Waals surface area (Å²) in [4.78, 5) is 69.0. The molecule has 1 aliphatic heterocycles. The van der Waals surface area contributed by atoms with Gasteiger partial charge in [0.25, 0.3) is 11.4 Å². The summed E-state index contributed by atoms with van der Waals surface area (Å²) in [6.07, 6.45) is -0.752. The predicted molar refractivity (Wildman–Crippen MR) is 191 cm³/mol. The van der Waals surface area contributed by atoms with Gasteiger partial charge in [-0.25, -0.2) is 18.2 Å². The number of ether oxygens (including phenoxy) is 1. The summed E-state index contributed by atoms with van der Waals surface area (Å²) in [7, 11) is -4.42. The lowest BCUT2D eigenvalue weighted by atomic mass is 9.88. The number of nitrogens with one attached hydrogen (secondary N) is 1. The average Bonchev–Trinajstić information content (AvgIpc) is 3.53. The largest absolute Gasteiger partial charge is 0.446 e. The fraction of sp³-hybridized carbons (Fsp3) is 0.469. The number of nitro groups is 2. The summed E-state index contributed by atoms with van der Waals surface area (Å²) >= 11 is 1.23. The standard InChI is InChI=1S/C32H40N8O10S2/c1-19(2)16-24(26(41)17-20(6-5-13-35-31(33)34)29(42)30-36-23-7-3-4-8-27(23)51-30)37-32(43)50-22-11-14-38(15-12-22)52(48,49)28-10-9-21(39(44)45)18-25(28)40(46)47/h3-4,7-10,18-20,22,24H,5-6,11-17H2,1-2H3,(H,37,43)(H4,33,34,35)/t20-,24+/m1/s1. The fourth-order valence-corrected chi connectivity index (χ4v) is 8.38. The van der Waals surface area contributed by atoms with Crippen molar-refractivity contribution in [1.29, 1.82) is 0 Å². The molecule has 0 radical (unpaired) electrons. The Morgan fingerprint density at radius 3 is 2.40 bits per heavy atom. The molecular formula is C32H40N8O10S2. The van der Waals surface area contributed by atoms with Crippen LogP contribution in [0.25, 0.3) is 10.2 Å². The van der Waals surface area contributed by atoms with E-state index in [2.05, 4.69) is 15.3 Å². The molecule has 2 aromatic carbocycles. The summed E-state index contributed by atoms with van der Waals surface area (Å²) in [5, 5.41) is 25.5. The van der Waals surface area contributed by atoms with Crippen molar-refractivity contribution in [3.63, 3.8) is 0 Å². The molecule has 1 fully saturated rings. The highest BCUT2D eigenvalue weighted by molar-refractivity contribution is 7.89. The molecule has 0 saturated carbocycles. The second-order valence-electron chi connectivity index (χ2n) is 12.7. The van der Waals surface area contributed by atoms with E-state index in [4.69, 9.17) is 16.2 Å². The maximum absolute atomic E-state index is 13.7. The van der Waals surface area contributed by atoms with Crippen LogP contribution in [0, 0.1) is 32.1 Å². The van der Waals surface area contributed by atoms with Crippen molar-refractivity contribution >= 4 is 66.6 Å². The number of carbonyl (C=O) groups excluding carboxylic acids is 3. The number of guanidine groups is 1. The molecule has 0 spiro atoms. The van der Waals surface area contributed by atoms with Crippen molar-refractivity contribution in [2.45, 2.75) is 69.4 Å². The van der Waals surface area contributed by atoms with Gasteiger partial charge in [0.2, 0.25) is 10.0 Å². The van der Waals surface area contributed by atoms with Gasteiger partial charge in [-0.15, -0.1) is 11.3 Å². The Hall–Kier alpha value is -5.08. The van der Waals surface area contributed by atoms with E-state index < -0.39 is 60.3 Å². The van der Waals surface area contributed by atoms with Crippen LogP contribution in [0.5, 0.6) is 0 Å². The van der Waals surface area contributed by atoms with Gasteiger partial charge in [0.1, 0.15) is 6.10 Å². The number of nitro benzene ring substituents is 2. The third kappa shape index (κ3) is 10.3. The topological polar surface area (TPSA) is 273 Å². The lowest BCUT2D eigenvalue weighted by molar-refractivity contribution is -0.396. The molecule has 280 valence electrons. The van der Waals surface area contributed by atoms with Gasteiger partial charge < -0.3 is 21.5 Å². The fourth-order valence-electron chi connectivity index (χ4n) is 5.79. The number of carbonyl (C=O) groups is 3. The highest BCUT2D eigenvalue weighted by Crippen LogP contribution is 2.32. The molecule has 1 amide bonds. The Morgan fingerprint density at radius 1 is 1.10 bits per heavy atom. The summed E-state index contributed by atoms with van der Waals surface area (Å²) in [6.45, 7) is 3.69. The Labute approximate surface area is 303 Å². The number of thiazole rings is 1. The lowest BCUT2D eigenvalue weighted by Crippen LogP contribution is -2.46. The van der Waals surface area contributed by atoms with Gasteiger partial charge >= 0.3 is 6.09 Å². The Kier molecular flexibility index (Phi) is 13.3. The van der Waals surface area contributed by atoms with Gasteiger partial charge in [-0.2, -0.15) is 4.31 Å². The summed E-state index contributed by atoms with van der Waals surface area (Å²) in [5.41, 5.74) is 9.99. The Balaban J connectivity index is 1.41. The molecule has 18 nitrogen and oxygen atoms in total. The van der Waals surface area contributed by atoms with Crippen molar-refractivity contribution in [3.8, 4) is 0 Å². The van der Waals surface area contributed by atoms with Crippen LogP contribution >= 0.6 is 11.3 Å². The van der Waals surface area contributed by atoms with Gasteiger partial charge in [0, 0.05) is 38.0 Å². The van der Waals surface area contributed by atoms with Crippen molar-refractivity contribution in [2.24, 2.45) is 28.3 Å². The number of alkyl carbamates (subject to hydrolysis) is 1. The van der Waals surface area contributed by atoms with Crippen molar-refractivity contribution in [3.05, 3.63) is 67.7 Å².